The van der Waals surface area contributed by atoms with Gasteiger partial charge in [-0.1, -0.05) is 12.1 Å². The van der Waals surface area contributed by atoms with Crippen LogP contribution in [0.2, 0.25) is 0 Å². The summed E-state index contributed by atoms with van der Waals surface area (Å²) in [7, 11) is 1.69. The van der Waals surface area contributed by atoms with Crippen molar-refractivity contribution in [2.45, 2.75) is 12.0 Å². The Balaban J connectivity index is 2.02. The van der Waals surface area contributed by atoms with Gasteiger partial charge in [0.2, 0.25) is 5.89 Å². The SMILES string of the molecule is CN1CCC(O)(c2cccc(-c3nc(Br)co3)c2)C1=O. The molecule has 104 valence electrons. The van der Waals surface area contributed by atoms with Crippen LogP contribution in [0.25, 0.3) is 11.5 Å². The highest BCUT2D eigenvalue weighted by atomic mass is 79.9. The van der Waals surface area contributed by atoms with E-state index in [4.69, 9.17) is 4.42 Å². The summed E-state index contributed by atoms with van der Waals surface area (Å²) < 4.78 is 5.92. The number of likely N-dealkylation sites (N-methyl/N-ethyl adjacent to an activating group) is 1. The summed E-state index contributed by atoms with van der Waals surface area (Å²) in [5.74, 6) is 0.171. The zero-order chi connectivity index (χ0) is 14.3. The first-order chi connectivity index (χ1) is 9.50. The Kier molecular flexibility index (Phi) is 3.14. The van der Waals surface area contributed by atoms with E-state index in [9.17, 15) is 9.90 Å². The summed E-state index contributed by atoms with van der Waals surface area (Å²) in [6.07, 6.45) is 1.88. The van der Waals surface area contributed by atoms with Crippen LogP contribution in [0.5, 0.6) is 0 Å². The van der Waals surface area contributed by atoms with Gasteiger partial charge < -0.3 is 14.4 Å². The Hall–Kier alpha value is -1.66. The maximum atomic E-state index is 12.1. The monoisotopic (exact) mass is 336 g/mol. The van der Waals surface area contributed by atoms with Crippen molar-refractivity contribution < 1.29 is 14.3 Å². The van der Waals surface area contributed by atoms with Crippen molar-refractivity contribution in [2.24, 2.45) is 0 Å². The van der Waals surface area contributed by atoms with E-state index in [1.54, 1.807) is 25.2 Å². The number of hydrogen-bond acceptors (Lipinski definition) is 4. The zero-order valence-electron chi connectivity index (χ0n) is 10.8. The number of rotatable bonds is 2. The molecule has 3 rings (SSSR count). The molecule has 1 aromatic heterocycles. The second-order valence-electron chi connectivity index (χ2n) is 4.89. The molecule has 0 saturated carbocycles. The van der Waals surface area contributed by atoms with E-state index in [1.165, 1.54) is 11.2 Å². The lowest BCUT2D eigenvalue weighted by molar-refractivity contribution is -0.143. The van der Waals surface area contributed by atoms with Crippen LogP contribution >= 0.6 is 15.9 Å². The molecular weight excluding hydrogens is 324 g/mol. The molecule has 1 N–H and O–H groups in total. The topological polar surface area (TPSA) is 66.6 Å². The molecule has 1 unspecified atom stereocenters. The van der Waals surface area contributed by atoms with Crippen LogP contribution in [-0.4, -0.2) is 34.5 Å². The van der Waals surface area contributed by atoms with Crippen molar-refractivity contribution in [2.75, 3.05) is 13.6 Å². The normalized spacial score (nSPS) is 22.6. The highest BCUT2D eigenvalue weighted by Crippen LogP contribution is 2.34. The fourth-order valence-electron chi connectivity index (χ4n) is 2.42. The van der Waals surface area contributed by atoms with E-state index in [0.717, 1.165) is 5.56 Å². The second-order valence-corrected chi connectivity index (χ2v) is 5.71. The molecular formula is C14H13BrN2O3. The summed E-state index contributed by atoms with van der Waals surface area (Å²) in [5.41, 5.74) is -0.156. The lowest BCUT2D eigenvalue weighted by atomic mass is 9.91. The van der Waals surface area contributed by atoms with Gasteiger partial charge in [0.1, 0.15) is 10.9 Å². The fraction of sp³-hybridized carbons (Fsp3) is 0.286. The third-order valence-corrected chi connectivity index (χ3v) is 3.94. The minimum Gasteiger partial charge on any atom is -0.443 e. The van der Waals surface area contributed by atoms with E-state index in [-0.39, 0.29) is 5.91 Å². The molecule has 20 heavy (non-hydrogen) atoms. The molecule has 1 amide bonds. The van der Waals surface area contributed by atoms with Crippen LogP contribution in [0, 0.1) is 0 Å². The van der Waals surface area contributed by atoms with Crippen molar-refractivity contribution in [3.63, 3.8) is 0 Å². The van der Waals surface area contributed by atoms with Crippen LogP contribution < -0.4 is 0 Å². The fourth-order valence-corrected chi connectivity index (χ4v) is 2.67. The van der Waals surface area contributed by atoms with Crippen LogP contribution in [-0.2, 0) is 10.4 Å². The Morgan fingerprint density at radius 2 is 2.30 bits per heavy atom. The first kappa shape index (κ1) is 13.3. The number of amides is 1. The Morgan fingerprint density at radius 3 is 2.90 bits per heavy atom. The molecule has 1 aliphatic rings. The summed E-state index contributed by atoms with van der Waals surface area (Å²) in [6.45, 7) is 0.546. The van der Waals surface area contributed by atoms with Crippen LogP contribution in [0.3, 0.4) is 0 Å². The Labute approximate surface area is 124 Å². The largest absolute Gasteiger partial charge is 0.443 e. The van der Waals surface area contributed by atoms with Gasteiger partial charge in [0.25, 0.3) is 5.91 Å². The van der Waals surface area contributed by atoms with E-state index in [2.05, 4.69) is 20.9 Å². The third-order valence-electron chi connectivity index (χ3n) is 3.57. The number of aromatic nitrogens is 1. The third kappa shape index (κ3) is 2.05. The number of benzene rings is 1. The number of likely N-dealkylation sites (tertiary alicyclic amines) is 1. The summed E-state index contributed by atoms with van der Waals surface area (Å²) in [5, 5.41) is 10.6. The van der Waals surface area contributed by atoms with Gasteiger partial charge in [-0.05, 0) is 33.6 Å². The first-order valence-electron chi connectivity index (χ1n) is 6.20. The second kappa shape index (κ2) is 4.71. The van der Waals surface area contributed by atoms with Gasteiger partial charge in [0, 0.05) is 25.6 Å². The highest BCUT2D eigenvalue weighted by molar-refractivity contribution is 9.10. The first-order valence-corrected chi connectivity index (χ1v) is 7.00. The Bertz CT molecular complexity index is 670. The molecule has 1 saturated heterocycles. The van der Waals surface area contributed by atoms with Crippen molar-refractivity contribution in [3.05, 3.63) is 40.7 Å². The number of carbonyl (C=O) groups is 1. The maximum Gasteiger partial charge on any atom is 0.258 e. The van der Waals surface area contributed by atoms with Crippen molar-refractivity contribution >= 4 is 21.8 Å². The number of carbonyl (C=O) groups excluding carboxylic acids is 1. The highest BCUT2D eigenvalue weighted by Gasteiger charge is 2.45. The number of hydrogen-bond donors (Lipinski definition) is 1. The molecule has 2 heterocycles. The molecule has 0 aliphatic carbocycles. The quantitative estimate of drug-likeness (QED) is 0.912. The smallest absolute Gasteiger partial charge is 0.258 e. The molecule has 2 aromatic rings. The van der Waals surface area contributed by atoms with Gasteiger partial charge in [-0.3, -0.25) is 4.79 Å². The summed E-state index contributed by atoms with van der Waals surface area (Å²) >= 11 is 3.23. The maximum absolute atomic E-state index is 12.1. The van der Waals surface area contributed by atoms with E-state index >= 15 is 0 Å². The van der Waals surface area contributed by atoms with E-state index < -0.39 is 5.60 Å². The zero-order valence-corrected chi connectivity index (χ0v) is 12.4. The van der Waals surface area contributed by atoms with Crippen molar-refractivity contribution in [1.82, 2.24) is 9.88 Å². The number of oxazole rings is 1. The van der Waals surface area contributed by atoms with Gasteiger partial charge in [0.15, 0.2) is 5.60 Å². The number of aliphatic hydroxyl groups is 1. The van der Waals surface area contributed by atoms with Gasteiger partial charge >= 0.3 is 0 Å². The predicted octanol–water partition coefficient (Wildman–Crippen LogP) is 2.15. The molecule has 1 fully saturated rings. The lowest BCUT2D eigenvalue weighted by Gasteiger charge is -2.21. The summed E-state index contributed by atoms with van der Waals surface area (Å²) in [4.78, 5) is 17.8. The predicted molar refractivity (Wildman–Crippen MR) is 75.8 cm³/mol. The average Bonchev–Trinajstić information content (AvgIpc) is 3.00. The standard InChI is InChI=1S/C14H13BrN2O3/c1-17-6-5-14(19,13(17)18)10-4-2-3-9(7-10)12-16-11(15)8-20-12/h2-4,7-8,19H,5-6H2,1H3. The molecule has 5 nitrogen and oxygen atoms in total. The summed E-state index contributed by atoms with van der Waals surface area (Å²) in [6, 6.07) is 7.11. The van der Waals surface area contributed by atoms with Gasteiger partial charge in [0.05, 0.1) is 0 Å². The minimum atomic E-state index is -1.45. The molecule has 1 aromatic carbocycles. The van der Waals surface area contributed by atoms with E-state index in [0.29, 0.717) is 29.0 Å². The molecule has 0 radical (unpaired) electrons. The van der Waals surface area contributed by atoms with Gasteiger partial charge in [-0.2, -0.15) is 0 Å². The average molecular weight is 337 g/mol. The number of halogens is 1. The van der Waals surface area contributed by atoms with Crippen LogP contribution in [0.15, 0.2) is 39.5 Å². The lowest BCUT2D eigenvalue weighted by Crippen LogP contribution is -2.36. The van der Waals surface area contributed by atoms with Gasteiger partial charge in [-0.25, -0.2) is 4.98 Å². The minimum absolute atomic E-state index is 0.275. The molecule has 1 aliphatic heterocycles. The molecule has 0 spiro atoms. The molecule has 1 atom stereocenters. The van der Waals surface area contributed by atoms with Crippen molar-refractivity contribution in [1.29, 1.82) is 0 Å². The van der Waals surface area contributed by atoms with E-state index in [1.807, 2.05) is 6.07 Å². The number of nitrogens with zero attached hydrogens (tertiary/aromatic N) is 2. The Morgan fingerprint density at radius 1 is 1.50 bits per heavy atom. The molecule has 0 bridgehead atoms. The van der Waals surface area contributed by atoms with Crippen LogP contribution in [0.4, 0.5) is 0 Å². The van der Waals surface area contributed by atoms with Gasteiger partial charge in [-0.15, -0.1) is 0 Å². The van der Waals surface area contributed by atoms with Crippen LogP contribution in [0.1, 0.15) is 12.0 Å². The van der Waals surface area contributed by atoms with Crippen molar-refractivity contribution in [3.8, 4) is 11.5 Å². The molecule has 6 heteroatoms.